The van der Waals surface area contributed by atoms with Gasteiger partial charge in [-0.25, -0.2) is 8.78 Å². The highest BCUT2D eigenvalue weighted by molar-refractivity contribution is 6.30. The van der Waals surface area contributed by atoms with E-state index in [9.17, 15) is 13.9 Å². The van der Waals surface area contributed by atoms with E-state index in [1.807, 2.05) is 42.5 Å². The normalized spacial score (nSPS) is 17.2. The molecule has 0 saturated carbocycles. The number of benzene rings is 3. The molecule has 2 atom stereocenters. The van der Waals surface area contributed by atoms with Gasteiger partial charge in [0, 0.05) is 30.1 Å². The third kappa shape index (κ3) is 4.82. The van der Waals surface area contributed by atoms with Crippen LogP contribution in [0.5, 0.6) is 0 Å². The summed E-state index contributed by atoms with van der Waals surface area (Å²) in [5.41, 5.74) is 1.68. The summed E-state index contributed by atoms with van der Waals surface area (Å²) in [5, 5.41) is 11.5. The maximum absolute atomic E-state index is 13.9. The third-order valence-corrected chi connectivity index (χ3v) is 6.33. The van der Waals surface area contributed by atoms with Gasteiger partial charge in [0.15, 0.2) is 0 Å². The van der Waals surface area contributed by atoms with Crippen LogP contribution in [0.1, 0.15) is 42.5 Å². The van der Waals surface area contributed by atoms with Crippen LogP contribution in [-0.2, 0) is 0 Å². The molecule has 1 aliphatic rings. The molecule has 0 radical (unpaired) electrons. The maximum Gasteiger partial charge on any atom is 0.126 e. The molecule has 3 aromatic rings. The largest absolute Gasteiger partial charge is 0.390 e. The highest BCUT2D eigenvalue weighted by atomic mass is 35.5. The number of halogens is 3. The summed E-state index contributed by atoms with van der Waals surface area (Å²) < 4.78 is 27.8. The number of hydrogen-bond donors (Lipinski definition) is 1. The van der Waals surface area contributed by atoms with Crippen LogP contribution in [0.15, 0.2) is 72.8 Å². The van der Waals surface area contributed by atoms with E-state index in [1.54, 1.807) is 13.8 Å². The van der Waals surface area contributed by atoms with Crippen molar-refractivity contribution in [2.45, 2.75) is 31.4 Å². The molecule has 0 unspecified atom stereocenters. The van der Waals surface area contributed by atoms with Crippen LogP contribution < -0.4 is 0 Å². The highest BCUT2D eigenvalue weighted by Crippen LogP contribution is 2.44. The van der Waals surface area contributed by atoms with Crippen molar-refractivity contribution in [3.8, 4) is 0 Å². The SMILES string of the molecule is CC(C)(O)[C@@H](c1cc(F)cc(F)c1)C1CN([C@@H](c2ccccc2)c2ccc(Cl)cc2)C1. The summed E-state index contributed by atoms with van der Waals surface area (Å²) in [6.07, 6.45) is 0. The molecule has 3 aromatic carbocycles. The lowest BCUT2D eigenvalue weighted by Gasteiger charge is -2.50. The van der Waals surface area contributed by atoms with Crippen molar-refractivity contribution in [3.05, 3.63) is 106 Å². The van der Waals surface area contributed by atoms with Crippen molar-refractivity contribution in [1.29, 1.82) is 0 Å². The number of likely N-dealkylation sites (tertiary alicyclic amines) is 1. The molecule has 31 heavy (non-hydrogen) atoms. The molecular weight excluding hydrogens is 416 g/mol. The molecule has 0 aliphatic carbocycles. The molecule has 1 N–H and O–H groups in total. The van der Waals surface area contributed by atoms with Crippen LogP contribution in [-0.4, -0.2) is 28.7 Å². The Balaban J connectivity index is 1.62. The molecule has 1 fully saturated rings. The van der Waals surface area contributed by atoms with E-state index in [1.165, 1.54) is 17.7 Å². The van der Waals surface area contributed by atoms with Gasteiger partial charge in [0.1, 0.15) is 11.6 Å². The standard InChI is InChI=1S/C26H26ClF2NO/c1-26(2,31)24(19-12-22(28)14-23(29)13-19)20-15-30(16-20)25(17-6-4-3-5-7-17)18-8-10-21(27)11-9-18/h3-14,20,24-25,31H,15-16H2,1-2H3/t24-,25-/m0/s1. The minimum absolute atomic E-state index is 0.0430. The molecule has 5 heteroatoms. The Morgan fingerprint density at radius 1 is 0.871 bits per heavy atom. The Morgan fingerprint density at radius 3 is 1.97 bits per heavy atom. The van der Waals surface area contributed by atoms with Crippen LogP contribution in [0.2, 0.25) is 5.02 Å². The van der Waals surface area contributed by atoms with Gasteiger partial charge < -0.3 is 5.11 Å². The zero-order valence-corrected chi connectivity index (χ0v) is 18.4. The fraction of sp³-hybridized carbons (Fsp3) is 0.308. The second-order valence-corrected chi connectivity index (χ2v) is 9.35. The molecule has 0 bridgehead atoms. The number of hydrogen-bond acceptors (Lipinski definition) is 2. The third-order valence-electron chi connectivity index (χ3n) is 6.08. The van der Waals surface area contributed by atoms with Crippen LogP contribution in [0, 0.1) is 17.6 Å². The van der Waals surface area contributed by atoms with Gasteiger partial charge in [-0.1, -0.05) is 54.1 Å². The van der Waals surface area contributed by atoms with Gasteiger partial charge >= 0.3 is 0 Å². The first kappa shape index (κ1) is 21.9. The van der Waals surface area contributed by atoms with Crippen LogP contribution in [0.4, 0.5) is 8.78 Å². The summed E-state index contributed by atoms with van der Waals surface area (Å²) in [6.45, 7) is 4.82. The molecule has 162 valence electrons. The first-order chi connectivity index (χ1) is 14.7. The van der Waals surface area contributed by atoms with Crippen molar-refractivity contribution < 1.29 is 13.9 Å². The highest BCUT2D eigenvalue weighted by Gasteiger charge is 2.44. The van der Waals surface area contributed by atoms with E-state index >= 15 is 0 Å². The summed E-state index contributed by atoms with van der Waals surface area (Å²) >= 11 is 6.10. The molecule has 0 aromatic heterocycles. The molecule has 1 saturated heterocycles. The van der Waals surface area contributed by atoms with E-state index < -0.39 is 17.2 Å². The van der Waals surface area contributed by atoms with Crippen LogP contribution in [0.3, 0.4) is 0 Å². The Kier molecular flexibility index (Phi) is 6.16. The Labute approximate surface area is 187 Å². The van der Waals surface area contributed by atoms with Crippen molar-refractivity contribution in [2.24, 2.45) is 5.92 Å². The fourth-order valence-corrected chi connectivity index (χ4v) is 5.00. The zero-order valence-electron chi connectivity index (χ0n) is 17.6. The van der Waals surface area contributed by atoms with E-state index in [2.05, 4.69) is 17.0 Å². The molecular formula is C26H26ClF2NO. The second kappa shape index (κ2) is 8.70. The lowest BCUT2D eigenvalue weighted by molar-refractivity contribution is -0.0309. The van der Waals surface area contributed by atoms with Gasteiger partial charge in [-0.05, 0) is 60.7 Å². The summed E-state index contributed by atoms with van der Waals surface area (Å²) in [7, 11) is 0. The minimum Gasteiger partial charge on any atom is -0.390 e. The average molecular weight is 442 g/mol. The average Bonchev–Trinajstić information content (AvgIpc) is 2.66. The Morgan fingerprint density at radius 2 is 1.42 bits per heavy atom. The van der Waals surface area contributed by atoms with E-state index in [-0.39, 0.29) is 17.9 Å². The predicted octanol–water partition coefficient (Wildman–Crippen LogP) is 6.19. The zero-order chi connectivity index (χ0) is 22.2. The van der Waals surface area contributed by atoms with Gasteiger partial charge in [-0.15, -0.1) is 0 Å². The molecule has 0 spiro atoms. The van der Waals surface area contributed by atoms with Gasteiger partial charge in [0.25, 0.3) is 0 Å². The van der Waals surface area contributed by atoms with Crippen molar-refractivity contribution >= 4 is 11.6 Å². The molecule has 2 nitrogen and oxygen atoms in total. The first-order valence-corrected chi connectivity index (χ1v) is 10.8. The smallest absolute Gasteiger partial charge is 0.126 e. The van der Waals surface area contributed by atoms with Gasteiger partial charge in [-0.3, -0.25) is 4.90 Å². The van der Waals surface area contributed by atoms with Crippen LogP contribution in [0.25, 0.3) is 0 Å². The second-order valence-electron chi connectivity index (χ2n) is 8.91. The van der Waals surface area contributed by atoms with Gasteiger partial charge in [0.2, 0.25) is 0 Å². The molecule has 4 rings (SSSR count). The molecule has 0 amide bonds. The maximum atomic E-state index is 13.9. The fourth-order valence-electron chi connectivity index (χ4n) is 4.88. The lowest BCUT2D eigenvalue weighted by Crippen LogP contribution is -2.54. The van der Waals surface area contributed by atoms with Crippen molar-refractivity contribution in [1.82, 2.24) is 4.90 Å². The van der Waals surface area contributed by atoms with Crippen molar-refractivity contribution in [2.75, 3.05) is 13.1 Å². The number of aliphatic hydroxyl groups is 1. The summed E-state index contributed by atoms with van der Waals surface area (Å²) in [5.74, 6) is -1.55. The van der Waals surface area contributed by atoms with Crippen molar-refractivity contribution in [3.63, 3.8) is 0 Å². The van der Waals surface area contributed by atoms with Gasteiger partial charge in [-0.2, -0.15) is 0 Å². The lowest BCUT2D eigenvalue weighted by atomic mass is 9.71. The topological polar surface area (TPSA) is 23.5 Å². The first-order valence-electron chi connectivity index (χ1n) is 10.4. The number of rotatable bonds is 6. The predicted molar refractivity (Wildman–Crippen MR) is 120 cm³/mol. The quantitative estimate of drug-likeness (QED) is 0.492. The Bertz CT molecular complexity index is 1010. The molecule has 1 aliphatic heterocycles. The van der Waals surface area contributed by atoms with E-state index in [4.69, 9.17) is 11.6 Å². The number of nitrogens with zero attached hydrogens (tertiary/aromatic N) is 1. The monoisotopic (exact) mass is 441 g/mol. The van der Waals surface area contributed by atoms with Crippen LogP contribution >= 0.6 is 11.6 Å². The molecule has 1 heterocycles. The van der Waals surface area contributed by atoms with E-state index in [0.717, 1.165) is 11.6 Å². The Hall–Kier alpha value is -2.27. The summed E-state index contributed by atoms with van der Waals surface area (Å²) in [6, 6.07) is 21.6. The summed E-state index contributed by atoms with van der Waals surface area (Å²) in [4.78, 5) is 2.33. The van der Waals surface area contributed by atoms with Gasteiger partial charge in [0.05, 0.1) is 11.6 Å². The minimum atomic E-state index is -1.11. The van der Waals surface area contributed by atoms with E-state index in [0.29, 0.717) is 23.7 Å².